The van der Waals surface area contributed by atoms with Gasteiger partial charge in [0.05, 0.1) is 0 Å². The fourth-order valence-electron chi connectivity index (χ4n) is 2.57. The number of hydrogen-bond acceptors (Lipinski definition) is 3. The topological polar surface area (TPSA) is 63.2 Å². The number of carbonyl (C=O) groups excluding carboxylic acids is 1. The lowest BCUT2D eigenvalue weighted by Crippen LogP contribution is -2.19. The van der Waals surface area contributed by atoms with Gasteiger partial charge in [-0.25, -0.2) is 4.79 Å². The molecule has 5 nitrogen and oxygen atoms in total. The van der Waals surface area contributed by atoms with Crippen molar-refractivity contribution in [1.29, 1.82) is 0 Å². The molecule has 0 bridgehead atoms. The molecule has 1 heterocycles. The highest BCUT2D eigenvalue weighted by Gasteiger charge is 2.06. The summed E-state index contributed by atoms with van der Waals surface area (Å²) < 4.78 is 5.87. The van der Waals surface area contributed by atoms with Gasteiger partial charge in [-0.2, -0.15) is 0 Å². The standard InChI is InChI=1S/C22H22ClN3O2/c1-14(2)21-13-19(10-11-24-21)28-18-7-4-16(5-8-18)25-22(27)26-17-6-9-20(23)15(3)12-17/h4-14H,1-3H3,(H2,25,26,27). The Morgan fingerprint density at radius 1 is 0.964 bits per heavy atom. The van der Waals surface area contributed by atoms with Crippen LogP contribution >= 0.6 is 11.6 Å². The first-order valence-corrected chi connectivity index (χ1v) is 9.36. The molecule has 0 atom stereocenters. The largest absolute Gasteiger partial charge is 0.457 e. The third-order valence-corrected chi connectivity index (χ3v) is 4.53. The number of benzene rings is 2. The van der Waals surface area contributed by atoms with Crippen LogP contribution < -0.4 is 15.4 Å². The van der Waals surface area contributed by atoms with Crippen molar-refractivity contribution in [3.63, 3.8) is 0 Å². The molecule has 1 aromatic heterocycles. The second kappa shape index (κ2) is 8.76. The summed E-state index contributed by atoms with van der Waals surface area (Å²) in [6.07, 6.45) is 1.74. The highest BCUT2D eigenvalue weighted by Crippen LogP contribution is 2.25. The Morgan fingerprint density at radius 2 is 1.64 bits per heavy atom. The van der Waals surface area contributed by atoms with Gasteiger partial charge < -0.3 is 15.4 Å². The summed E-state index contributed by atoms with van der Waals surface area (Å²) in [4.78, 5) is 16.5. The van der Waals surface area contributed by atoms with Crippen LogP contribution in [0.5, 0.6) is 11.5 Å². The van der Waals surface area contributed by atoms with Crippen molar-refractivity contribution in [3.8, 4) is 11.5 Å². The van der Waals surface area contributed by atoms with Crippen LogP contribution in [0.1, 0.15) is 31.0 Å². The molecule has 0 saturated carbocycles. The Bertz CT molecular complexity index is 972. The number of aromatic nitrogens is 1. The molecule has 0 aliphatic carbocycles. The Hall–Kier alpha value is -3.05. The number of carbonyl (C=O) groups is 1. The van der Waals surface area contributed by atoms with E-state index in [1.54, 1.807) is 42.6 Å². The summed E-state index contributed by atoms with van der Waals surface area (Å²) >= 11 is 6.00. The zero-order valence-electron chi connectivity index (χ0n) is 16.0. The van der Waals surface area contributed by atoms with Crippen molar-refractivity contribution in [3.05, 3.63) is 77.1 Å². The lowest BCUT2D eigenvalue weighted by atomic mass is 10.1. The van der Waals surface area contributed by atoms with Gasteiger partial charge in [0.1, 0.15) is 11.5 Å². The fourth-order valence-corrected chi connectivity index (χ4v) is 2.68. The molecule has 0 saturated heterocycles. The maximum absolute atomic E-state index is 12.2. The molecule has 3 aromatic rings. The molecular weight excluding hydrogens is 374 g/mol. The molecular formula is C22H22ClN3O2. The maximum atomic E-state index is 12.2. The number of anilines is 2. The minimum atomic E-state index is -0.328. The molecule has 2 aromatic carbocycles. The van der Waals surface area contributed by atoms with E-state index in [2.05, 4.69) is 29.5 Å². The first-order valence-electron chi connectivity index (χ1n) is 8.99. The van der Waals surface area contributed by atoms with Crippen molar-refractivity contribution in [1.82, 2.24) is 4.98 Å². The first-order chi connectivity index (χ1) is 13.4. The van der Waals surface area contributed by atoms with Crippen molar-refractivity contribution >= 4 is 29.0 Å². The van der Waals surface area contributed by atoms with Crippen LogP contribution in [0.3, 0.4) is 0 Å². The normalized spacial score (nSPS) is 10.6. The van der Waals surface area contributed by atoms with E-state index in [1.807, 2.05) is 25.1 Å². The van der Waals surface area contributed by atoms with E-state index in [4.69, 9.17) is 16.3 Å². The van der Waals surface area contributed by atoms with Crippen molar-refractivity contribution in [2.45, 2.75) is 26.7 Å². The summed E-state index contributed by atoms with van der Waals surface area (Å²) in [5.74, 6) is 1.74. The van der Waals surface area contributed by atoms with Crippen LogP contribution in [-0.2, 0) is 0 Å². The molecule has 2 amide bonds. The molecule has 3 rings (SSSR count). The number of pyridine rings is 1. The van der Waals surface area contributed by atoms with Crippen LogP contribution in [0.25, 0.3) is 0 Å². The summed E-state index contributed by atoms with van der Waals surface area (Å²) in [5.41, 5.74) is 3.22. The zero-order chi connectivity index (χ0) is 20.1. The highest BCUT2D eigenvalue weighted by atomic mass is 35.5. The SMILES string of the molecule is Cc1cc(NC(=O)Nc2ccc(Oc3ccnc(C(C)C)c3)cc2)ccc1Cl. The minimum Gasteiger partial charge on any atom is -0.457 e. The predicted molar refractivity (Wildman–Crippen MR) is 114 cm³/mol. The minimum absolute atomic E-state index is 0.328. The van der Waals surface area contributed by atoms with E-state index in [0.29, 0.717) is 28.1 Å². The number of hydrogen-bond donors (Lipinski definition) is 2. The predicted octanol–water partition coefficient (Wildman–Crippen LogP) is 6.60. The van der Waals surface area contributed by atoms with Gasteiger partial charge in [-0.15, -0.1) is 0 Å². The van der Waals surface area contributed by atoms with E-state index >= 15 is 0 Å². The van der Waals surface area contributed by atoms with Gasteiger partial charge in [-0.05, 0) is 66.9 Å². The molecule has 0 spiro atoms. The van der Waals surface area contributed by atoms with Gasteiger partial charge in [-0.1, -0.05) is 25.4 Å². The lowest BCUT2D eigenvalue weighted by molar-refractivity contribution is 0.262. The number of nitrogens with zero attached hydrogens (tertiary/aromatic N) is 1. The third-order valence-electron chi connectivity index (χ3n) is 4.11. The molecule has 0 radical (unpaired) electrons. The molecule has 28 heavy (non-hydrogen) atoms. The Labute approximate surface area is 169 Å². The third kappa shape index (κ3) is 5.24. The van der Waals surface area contributed by atoms with Crippen molar-refractivity contribution in [2.75, 3.05) is 10.6 Å². The van der Waals surface area contributed by atoms with Gasteiger partial charge in [0.2, 0.25) is 0 Å². The number of aryl methyl sites for hydroxylation is 1. The second-order valence-electron chi connectivity index (χ2n) is 6.74. The Morgan fingerprint density at radius 3 is 2.32 bits per heavy atom. The number of urea groups is 1. The van der Waals surface area contributed by atoms with Crippen LogP contribution in [0.2, 0.25) is 5.02 Å². The summed E-state index contributed by atoms with van der Waals surface area (Å²) in [7, 11) is 0. The second-order valence-corrected chi connectivity index (χ2v) is 7.15. The summed E-state index contributed by atoms with van der Waals surface area (Å²) in [5, 5.41) is 6.24. The highest BCUT2D eigenvalue weighted by molar-refractivity contribution is 6.31. The number of amides is 2. The Kier molecular flexibility index (Phi) is 6.16. The molecule has 0 fully saturated rings. The average Bonchev–Trinajstić information content (AvgIpc) is 2.66. The summed E-state index contributed by atoms with van der Waals surface area (Å²) in [6, 6.07) is 15.9. The van der Waals surface area contributed by atoms with E-state index in [1.165, 1.54) is 0 Å². The monoisotopic (exact) mass is 395 g/mol. The molecule has 144 valence electrons. The van der Waals surface area contributed by atoms with Gasteiger partial charge in [0.15, 0.2) is 0 Å². The number of ether oxygens (including phenoxy) is 1. The molecule has 6 heteroatoms. The smallest absolute Gasteiger partial charge is 0.323 e. The van der Waals surface area contributed by atoms with E-state index in [-0.39, 0.29) is 6.03 Å². The van der Waals surface area contributed by atoms with Gasteiger partial charge >= 0.3 is 6.03 Å². The molecule has 0 unspecified atom stereocenters. The van der Waals surface area contributed by atoms with Crippen LogP contribution in [0.15, 0.2) is 60.8 Å². The van der Waals surface area contributed by atoms with E-state index in [0.717, 1.165) is 17.0 Å². The van der Waals surface area contributed by atoms with Crippen LogP contribution in [0.4, 0.5) is 16.2 Å². The molecule has 0 aliphatic rings. The van der Waals surface area contributed by atoms with Gasteiger partial charge in [-0.3, -0.25) is 4.98 Å². The Balaban J connectivity index is 1.60. The first kappa shape index (κ1) is 19.7. The zero-order valence-corrected chi connectivity index (χ0v) is 16.7. The quantitative estimate of drug-likeness (QED) is 0.511. The molecule has 2 N–H and O–H groups in total. The lowest BCUT2D eigenvalue weighted by Gasteiger charge is -2.11. The van der Waals surface area contributed by atoms with Crippen LogP contribution in [-0.4, -0.2) is 11.0 Å². The van der Waals surface area contributed by atoms with Crippen molar-refractivity contribution in [2.24, 2.45) is 0 Å². The van der Waals surface area contributed by atoms with Gasteiger partial charge in [0.25, 0.3) is 0 Å². The van der Waals surface area contributed by atoms with Gasteiger partial charge in [0, 0.05) is 34.4 Å². The number of rotatable bonds is 5. The molecule has 0 aliphatic heterocycles. The maximum Gasteiger partial charge on any atom is 0.323 e. The van der Waals surface area contributed by atoms with Crippen molar-refractivity contribution < 1.29 is 9.53 Å². The fraction of sp³-hybridized carbons (Fsp3) is 0.182. The van der Waals surface area contributed by atoms with Crippen LogP contribution in [0, 0.1) is 6.92 Å². The average molecular weight is 396 g/mol. The summed E-state index contributed by atoms with van der Waals surface area (Å²) in [6.45, 7) is 6.06. The van der Waals surface area contributed by atoms with E-state index in [9.17, 15) is 4.79 Å². The number of halogens is 1. The van der Waals surface area contributed by atoms with E-state index < -0.39 is 0 Å². The number of nitrogens with one attached hydrogen (secondary N) is 2.